The molecule has 7 fully saturated rings. The van der Waals surface area contributed by atoms with Crippen molar-refractivity contribution in [2.24, 2.45) is 69.8 Å². The van der Waals surface area contributed by atoms with Gasteiger partial charge in [-0.3, -0.25) is 4.79 Å². The average Bonchev–Trinajstić information content (AvgIpc) is 3.66. The number of aliphatic hydroxyl groups is 10. The van der Waals surface area contributed by atoms with Crippen LogP contribution in [0.4, 0.5) is 0 Å². The summed E-state index contributed by atoms with van der Waals surface area (Å²) in [6.07, 6.45) is 10.4. The lowest BCUT2D eigenvalue weighted by atomic mass is 9.34. The van der Waals surface area contributed by atoms with E-state index in [0.717, 1.165) is 49.8 Å². The smallest absolute Gasteiger partial charge is 0.182 e. The molecule has 1 unspecified atom stereocenters. The molecule has 15 nitrogen and oxygen atoms in total. The fraction of sp³-hybridized carbons (Fsp3) is 0.836. The van der Waals surface area contributed by atoms with Crippen LogP contribution in [0, 0.1) is 64.1 Å². The van der Waals surface area contributed by atoms with Gasteiger partial charge in [0.1, 0.15) is 5.60 Å². The van der Waals surface area contributed by atoms with Crippen molar-refractivity contribution in [2.45, 2.75) is 202 Å². The number of rotatable bonds is 13. The molecule has 1 spiro atoms. The van der Waals surface area contributed by atoms with Gasteiger partial charge in [-0.05, 0) is 162 Å². The summed E-state index contributed by atoms with van der Waals surface area (Å²) < 4.78 is 7.02. The van der Waals surface area contributed by atoms with E-state index < -0.39 is 118 Å². The van der Waals surface area contributed by atoms with Crippen LogP contribution in [0.1, 0.15) is 136 Å². The Kier molecular flexibility index (Phi) is 13.6. The van der Waals surface area contributed by atoms with Gasteiger partial charge in [0.25, 0.3) is 0 Å². The molecular weight excluding hydrogens is 895 g/mol. The van der Waals surface area contributed by atoms with Gasteiger partial charge in [-0.25, -0.2) is 0 Å². The van der Waals surface area contributed by atoms with Crippen LogP contribution in [0.2, 0.25) is 0 Å². The molecule has 392 valence electrons. The van der Waals surface area contributed by atoms with Gasteiger partial charge in [-0.15, -0.1) is 0 Å². The molecule has 0 amide bonds. The second-order valence-electron chi connectivity index (χ2n) is 24.6. The number of allylic oxidation sites excluding steroid dienone is 5. The normalized spacial score (nSPS) is 49.6. The maximum absolute atomic E-state index is 16.0. The molecule has 1 saturated heterocycles. The standard InChI is InChI=1S/C55H85N3O12/c1-4-7-30-10-12-33-39(16-11-30)70-49-42(33)37(62)9-5-20-55(49,69)50(3,66)40-19-22-54(68)44-45(57-27-29(2)61)47(65)43-34-13-15-35-31(32-14-17-41(56)58-36(32)8-6-24-59)18-21-52(67,28-51(40,54)23-25-60)48(44)53(35,43)26-38(63)46(34)64/h14,17-18,21,29-31,33-35,37-43,46,48-49,57-64,66-69H,4-13,15-16,19-20,22-28,56H2,1-3H3/t29-,30+,31+,33+,34+,35+,37-,38-,39+,40+,41?,42+,43-,46+,48+,49+,50+,51+,52+,53+,54+,55+/m0/s1. The summed E-state index contributed by atoms with van der Waals surface area (Å²) in [7, 11) is 0. The Morgan fingerprint density at radius 1 is 0.971 bits per heavy atom. The molecule has 6 saturated carbocycles. The number of hydrogen-bond acceptors (Lipinski definition) is 15. The highest BCUT2D eigenvalue weighted by molar-refractivity contribution is 6.00. The Morgan fingerprint density at radius 3 is 2.46 bits per heavy atom. The Labute approximate surface area is 413 Å². The minimum atomic E-state index is -2.03. The first-order valence-corrected chi connectivity index (χ1v) is 27.4. The molecule has 70 heavy (non-hydrogen) atoms. The topological polar surface area (TPSA) is 279 Å². The lowest BCUT2D eigenvalue weighted by molar-refractivity contribution is -0.273. The fourth-order valence-corrected chi connectivity index (χ4v) is 18.7. The maximum atomic E-state index is 16.0. The third-order valence-electron chi connectivity index (χ3n) is 21.3. The predicted octanol–water partition coefficient (Wildman–Crippen LogP) is 2.48. The number of nitrogens with two attached hydrogens (primary N) is 1. The molecular formula is C55H85N3O12. The zero-order valence-electron chi connectivity index (χ0n) is 41.8. The monoisotopic (exact) mass is 980 g/mol. The predicted molar refractivity (Wildman–Crippen MR) is 260 cm³/mol. The van der Waals surface area contributed by atoms with Crippen LogP contribution in [0.5, 0.6) is 0 Å². The van der Waals surface area contributed by atoms with Gasteiger partial charge in [0.2, 0.25) is 0 Å². The Morgan fingerprint density at radius 2 is 1.73 bits per heavy atom. The first-order valence-electron chi connectivity index (χ1n) is 27.4. The zero-order chi connectivity index (χ0) is 49.9. The highest BCUT2D eigenvalue weighted by Gasteiger charge is 2.81. The molecule has 0 radical (unpaired) electrons. The number of Topliss-reactive ketones (excluding diaryl/α,β-unsaturated/α-hetero) is 1. The van der Waals surface area contributed by atoms with E-state index in [1.54, 1.807) is 19.9 Å². The molecule has 15 heteroatoms. The van der Waals surface area contributed by atoms with Crippen molar-refractivity contribution in [3.8, 4) is 0 Å². The number of aliphatic hydroxyl groups excluding tert-OH is 6. The molecule has 14 N–H and O–H groups in total. The second kappa shape index (κ2) is 18.5. The Bertz CT molecular complexity index is 2130. The SMILES string of the molecule is CCC[C@@H]1CC[C@H]2[C@H]3[C@@H](O[C@@H]2CC1)[C@@](O)([C@](C)(O)[C@H]1CC[C@@]2(O)C4=C(NC[C@H](C)O)C(=O)[C@@H]5[C@H]6CC[C@@H]7[C@@H](C8=C(CCCO)NC(N)C=C8)C=C[C@@](O)(C[C@]12CCO)[C@@H]4[C@]75C[C@H](O)[C@@H]6O)CCC[C@@H]3O. The van der Waals surface area contributed by atoms with Gasteiger partial charge in [0, 0.05) is 54.5 Å². The van der Waals surface area contributed by atoms with E-state index in [0.29, 0.717) is 44.4 Å². The summed E-state index contributed by atoms with van der Waals surface area (Å²) >= 11 is 0. The first-order chi connectivity index (χ1) is 33.3. The first kappa shape index (κ1) is 51.2. The number of ether oxygens (including phenoxy) is 1. The van der Waals surface area contributed by atoms with E-state index in [4.69, 9.17) is 10.5 Å². The average molecular weight is 980 g/mol. The maximum Gasteiger partial charge on any atom is 0.182 e. The molecule has 10 aliphatic rings. The number of dihydropyridines is 1. The summed E-state index contributed by atoms with van der Waals surface area (Å²) in [5, 5.41) is 131. The van der Waals surface area contributed by atoms with E-state index in [1.807, 2.05) is 18.2 Å². The van der Waals surface area contributed by atoms with Crippen LogP contribution in [0.15, 0.2) is 46.8 Å². The summed E-state index contributed by atoms with van der Waals surface area (Å²) in [6, 6.07) is 0. The Hall–Kier alpha value is -2.25. The minimum absolute atomic E-state index is 0.00869. The molecule has 2 bridgehead atoms. The van der Waals surface area contributed by atoms with E-state index in [2.05, 4.69) is 17.6 Å². The molecule has 22 atom stereocenters. The summed E-state index contributed by atoms with van der Waals surface area (Å²) in [6.45, 7) is 4.84. The summed E-state index contributed by atoms with van der Waals surface area (Å²) in [5.74, 6) is -4.69. The van der Waals surface area contributed by atoms with Gasteiger partial charge in [0.15, 0.2) is 5.78 Å². The van der Waals surface area contributed by atoms with Crippen molar-refractivity contribution in [3.63, 3.8) is 0 Å². The number of hydrogen-bond donors (Lipinski definition) is 13. The summed E-state index contributed by atoms with van der Waals surface area (Å²) in [5.41, 5.74) is -2.21. The molecule has 0 aromatic heterocycles. The van der Waals surface area contributed by atoms with Crippen LogP contribution >= 0.6 is 0 Å². The Balaban J connectivity index is 1.16. The lowest BCUT2D eigenvalue weighted by Crippen LogP contribution is -2.75. The number of fused-ring (bicyclic) bond motifs is 5. The van der Waals surface area contributed by atoms with Crippen molar-refractivity contribution in [1.82, 2.24) is 10.6 Å². The zero-order valence-corrected chi connectivity index (χ0v) is 41.8. The van der Waals surface area contributed by atoms with Gasteiger partial charge in [-0.2, -0.15) is 0 Å². The van der Waals surface area contributed by atoms with Gasteiger partial charge in [0.05, 0.1) is 65.3 Å². The lowest BCUT2D eigenvalue weighted by Gasteiger charge is -2.70. The largest absolute Gasteiger partial charge is 0.396 e. The van der Waals surface area contributed by atoms with Gasteiger partial charge in [-0.1, -0.05) is 44.4 Å². The highest BCUT2D eigenvalue weighted by Crippen LogP contribution is 2.78. The van der Waals surface area contributed by atoms with Crippen molar-refractivity contribution < 1.29 is 60.6 Å². The van der Waals surface area contributed by atoms with Crippen LogP contribution < -0.4 is 16.4 Å². The van der Waals surface area contributed by atoms with Gasteiger partial charge < -0.3 is 72.2 Å². The van der Waals surface area contributed by atoms with Crippen LogP contribution in [0.25, 0.3) is 0 Å². The van der Waals surface area contributed by atoms with E-state index in [1.165, 1.54) is 0 Å². The molecule has 2 heterocycles. The highest BCUT2D eigenvalue weighted by atomic mass is 16.5. The van der Waals surface area contributed by atoms with Crippen LogP contribution in [-0.4, -0.2) is 142 Å². The molecule has 2 aliphatic heterocycles. The van der Waals surface area contributed by atoms with E-state index >= 15 is 4.79 Å². The third kappa shape index (κ3) is 7.34. The third-order valence-corrected chi connectivity index (χ3v) is 21.3. The van der Waals surface area contributed by atoms with Crippen molar-refractivity contribution in [3.05, 3.63) is 46.8 Å². The fourth-order valence-electron chi connectivity index (χ4n) is 18.7. The number of ketones is 1. The van der Waals surface area contributed by atoms with Crippen LogP contribution in [0.3, 0.4) is 0 Å². The second-order valence-corrected chi connectivity index (χ2v) is 24.6. The van der Waals surface area contributed by atoms with E-state index in [-0.39, 0.29) is 80.8 Å². The minimum Gasteiger partial charge on any atom is -0.396 e. The molecule has 10 rings (SSSR count). The quantitative estimate of drug-likeness (QED) is 0.118. The number of carbonyl (C=O) groups is 1. The molecule has 0 aromatic carbocycles. The number of carbonyl (C=O) groups excluding carboxylic acids is 1. The number of nitrogens with one attached hydrogen (secondary N) is 2. The van der Waals surface area contributed by atoms with Crippen molar-refractivity contribution >= 4 is 5.78 Å². The van der Waals surface area contributed by atoms with Gasteiger partial charge >= 0.3 is 0 Å². The molecule has 0 aromatic rings. The van der Waals surface area contributed by atoms with Crippen molar-refractivity contribution in [2.75, 3.05) is 19.8 Å². The summed E-state index contributed by atoms with van der Waals surface area (Å²) in [4.78, 5) is 16.0. The van der Waals surface area contributed by atoms with Crippen LogP contribution in [-0.2, 0) is 9.53 Å². The molecule has 8 aliphatic carbocycles. The van der Waals surface area contributed by atoms with E-state index in [9.17, 15) is 51.1 Å². The van der Waals surface area contributed by atoms with Crippen molar-refractivity contribution in [1.29, 1.82) is 0 Å².